The maximum absolute atomic E-state index is 13.7. The Hall–Kier alpha value is -2.69. The van der Waals surface area contributed by atoms with Gasteiger partial charge in [-0.05, 0) is 44.0 Å². The van der Waals surface area contributed by atoms with Crippen LogP contribution in [0.5, 0.6) is 11.5 Å². The number of sulfonamides is 1. The summed E-state index contributed by atoms with van der Waals surface area (Å²) in [4.78, 5) is 28.2. The first-order valence-electron chi connectivity index (χ1n) is 11.9. The Morgan fingerprint density at radius 2 is 1.73 bits per heavy atom. The number of rotatable bonds is 9. The molecule has 12 heteroatoms. The minimum absolute atomic E-state index is 0.0244. The molecular formula is C25H29Cl2N3O6S. The highest BCUT2D eigenvalue weighted by atomic mass is 35.5. The zero-order valence-electron chi connectivity index (χ0n) is 20.6. The van der Waals surface area contributed by atoms with E-state index in [2.05, 4.69) is 5.32 Å². The van der Waals surface area contributed by atoms with Crippen molar-refractivity contribution in [1.82, 2.24) is 10.2 Å². The molecule has 2 aliphatic rings. The van der Waals surface area contributed by atoms with Crippen LogP contribution in [0.1, 0.15) is 38.2 Å². The topological polar surface area (TPSA) is 105 Å². The average Bonchev–Trinajstić information content (AvgIpc) is 3.52. The molecule has 1 saturated carbocycles. The number of ether oxygens (including phenoxy) is 2. The van der Waals surface area contributed by atoms with E-state index in [1.54, 1.807) is 31.2 Å². The molecule has 2 aromatic carbocycles. The van der Waals surface area contributed by atoms with Gasteiger partial charge in [0.2, 0.25) is 28.6 Å². The number of halogens is 2. The molecule has 9 nitrogen and oxygen atoms in total. The van der Waals surface area contributed by atoms with E-state index < -0.39 is 28.5 Å². The van der Waals surface area contributed by atoms with E-state index in [0.29, 0.717) is 27.1 Å². The lowest BCUT2D eigenvalue weighted by molar-refractivity contribution is -0.139. The van der Waals surface area contributed by atoms with Crippen molar-refractivity contribution in [2.75, 3.05) is 23.9 Å². The van der Waals surface area contributed by atoms with Crippen LogP contribution >= 0.6 is 23.2 Å². The summed E-state index contributed by atoms with van der Waals surface area (Å²) in [7, 11) is -3.88. The summed E-state index contributed by atoms with van der Waals surface area (Å²) in [5.41, 5.74) is 0.701. The Morgan fingerprint density at radius 3 is 2.38 bits per heavy atom. The highest BCUT2D eigenvalue weighted by Crippen LogP contribution is 2.36. The van der Waals surface area contributed by atoms with Crippen molar-refractivity contribution in [2.45, 2.75) is 51.2 Å². The van der Waals surface area contributed by atoms with Gasteiger partial charge in [-0.25, -0.2) is 8.42 Å². The van der Waals surface area contributed by atoms with Gasteiger partial charge in [-0.15, -0.1) is 0 Å². The van der Waals surface area contributed by atoms with Gasteiger partial charge in [0.1, 0.15) is 12.6 Å². The van der Waals surface area contributed by atoms with Crippen LogP contribution in [0.2, 0.25) is 10.0 Å². The zero-order valence-corrected chi connectivity index (χ0v) is 22.9. The molecule has 1 heterocycles. The van der Waals surface area contributed by atoms with Crippen molar-refractivity contribution >= 4 is 50.7 Å². The van der Waals surface area contributed by atoms with Crippen LogP contribution in [0.25, 0.3) is 0 Å². The van der Waals surface area contributed by atoms with Gasteiger partial charge in [0.15, 0.2) is 11.5 Å². The van der Waals surface area contributed by atoms with Crippen molar-refractivity contribution in [3.05, 3.63) is 52.0 Å². The highest BCUT2D eigenvalue weighted by molar-refractivity contribution is 7.92. The van der Waals surface area contributed by atoms with E-state index in [0.717, 1.165) is 36.2 Å². The number of hydrogen-bond donors (Lipinski definition) is 1. The lowest BCUT2D eigenvalue weighted by Crippen LogP contribution is -2.52. The van der Waals surface area contributed by atoms with Crippen LogP contribution in [0.3, 0.4) is 0 Å². The minimum Gasteiger partial charge on any atom is -0.454 e. The van der Waals surface area contributed by atoms with Crippen molar-refractivity contribution in [1.29, 1.82) is 0 Å². The standard InChI is InChI=1S/C25H29Cl2N3O6S/c1-16(25(32)28-17-6-3-4-7-17)29(13-19-20(26)8-5-9-21(19)27)24(31)14-30(37(2,33)34)18-10-11-22-23(12-18)36-15-35-22/h5,8-12,16-17H,3-4,6-7,13-15H2,1-2H3,(H,28,32)/t16-/m1/s1. The normalized spacial score (nSPS) is 15.9. The molecule has 1 aliphatic carbocycles. The largest absolute Gasteiger partial charge is 0.454 e. The van der Waals surface area contributed by atoms with Gasteiger partial charge in [-0.2, -0.15) is 0 Å². The average molecular weight is 570 g/mol. The summed E-state index contributed by atoms with van der Waals surface area (Å²) in [6.07, 6.45) is 4.85. The van der Waals surface area contributed by atoms with Crippen LogP contribution < -0.4 is 19.1 Å². The minimum atomic E-state index is -3.88. The molecule has 1 atom stereocenters. The molecule has 2 amide bonds. The first-order chi connectivity index (χ1) is 17.5. The number of hydrogen-bond acceptors (Lipinski definition) is 6. The van der Waals surface area contributed by atoms with Crippen molar-refractivity contribution in [3.63, 3.8) is 0 Å². The van der Waals surface area contributed by atoms with Gasteiger partial charge >= 0.3 is 0 Å². The number of carbonyl (C=O) groups is 2. The number of nitrogens with one attached hydrogen (secondary N) is 1. The highest BCUT2D eigenvalue weighted by Gasteiger charge is 2.32. The second kappa shape index (κ2) is 11.4. The second-order valence-electron chi connectivity index (χ2n) is 9.19. The summed E-state index contributed by atoms with van der Waals surface area (Å²) in [5.74, 6) is -0.0519. The SMILES string of the molecule is C[C@H](C(=O)NC1CCCC1)N(Cc1c(Cl)cccc1Cl)C(=O)CN(c1ccc2c(c1)OCO2)S(C)(=O)=O. The first kappa shape index (κ1) is 27.3. The smallest absolute Gasteiger partial charge is 0.244 e. The molecule has 200 valence electrons. The van der Waals surface area contributed by atoms with Crippen LogP contribution in [0.4, 0.5) is 5.69 Å². The molecule has 2 aromatic rings. The maximum atomic E-state index is 13.7. The number of fused-ring (bicyclic) bond motifs is 1. The molecule has 0 radical (unpaired) electrons. The van der Waals surface area contributed by atoms with Gasteiger partial charge in [-0.3, -0.25) is 13.9 Å². The predicted molar refractivity (Wildman–Crippen MR) is 142 cm³/mol. The number of benzene rings is 2. The fraction of sp³-hybridized carbons (Fsp3) is 0.440. The molecule has 0 saturated heterocycles. The lowest BCUT2D eigenvalue weighted by atomic mass is 10.1. The Kier molecular flexibility index (Phi) is 8.40. The first-order valence-corrected chi connectivity index (χ1v) is 14.5. The molecule has 0 spiro atoms. The van der Waals surface area contributed by atoms with Crippen LogP contribution in [-0.2, 0) is 26.2 Å². The molecule has 0 unspecified atom stereocenters. The number of amides is 2. The van der Waals surface area contributed by atoms with Gasteiger partial charge in [-0.1, -0.05) is 42.1 Å². The molecular weight excluding hydrogens is 541 g/mol. The third-order valence-electron chi connectivity index (χ3n) is 6.58. The fourth-order valence-electron chi connectivity index (χ4n) is 4.48. The van der Waals surface area contributed by atoms with E-state index in [1.165, 1.54) is 17.0 Å². The number of nitrogens with zero attached hydrogens (tertiary/aromatic N) is 2. The van der Waals surface area contributed by atoms with Gasteiger partial charge in [0.05, 0.1) is 11.9 Å². The molecule has 1 aliphatic heterocycles. The van der Waals surface area contributed by atoms with Crippen LogP contribution in [0.15, 0.2) is 36.4 Å². The third kappa shape index (κ3) is 6.42. The molecule has 0 bridgehead atoms. The van der Waals surface area contributed by atoms with Crippen molar-refractivity contribution in [2.24, 2.45) is 0 Å². The monoisotopic (exact) mass is 569 g/mol. The third-order valence-corrected chi connectivity index (χ3v) is 8.43. The van der Waals surface area contributed by atoms with Crippen molar-refractivity contribution < 1.29 is 27.5 Å². The Balaban J connectivity index is 1.63. The summed E-state index contributed by atoms with van der Waals surface area (Å²) >= 11 is 12.7. The molecule has 37 heavy (non-hydrogen) atoms. The van der Waals surface area contributed by atoms with Gasteiger partial charge in [0, 0.05) is 34.3 Å². The van der Waals surface area contributed by atoms with Crippen molar-refractivity contribution in [3.8, 4) is 11.5 Å². The van der Waals surface area contributed by atoms with E-state index in [1.807, 2.05) is 0 Å². The molecule has 1 fully saturated rings. The molecule has 0 aromatic heterocycles. The van der Waals surface area contributed by atoms with E-state index >= 15 is 0 Å². The quantitative estimate of drug-likeness (QED) is 0.490. The predicted octanol–water partition coefficient (Wildman–Crippen LogP) is 3.96. The number of carbonyl (C=O) groups excluding carboxylic acids is 2. The van der Waals surface area contributed by atoms with E-state index in [4.69, 9.17) is 32.7 Å². The van der Waals surface area contributed by atoms with Gasteiger partial charge in [0.25, 0.3) is 0 Å². The maximum Gasteiger partial charge on any atom is 0.244 e. The Labute approximate surface area is 226 Å². The number of anilines is 1. The van der Waals surface area contributed by atoms with E-state index in [9.17, 15) is 18.0 Å². The fourth-order valence-corrected chi connectivity index (χ4v) is 5.84. The summed E-state index contributed by atoms with van der Waals surface area (Å²) in [5, 5.41) is 3.69. The Morgan fingerprint density at radius 1 is 1.08 bits per heavy atom. The Bertz CT molecular complexity index is 1260. The van der Waals surface area contributed by atoms with Gasteiger partial charge < -0.3 is 19.7 Å². The zero-order chi connectivity index (χ0) is 26.7. The summed E-state index contributed by atoms with van der Waals surface area (Å²) in [6, 6.07) is 8.74. The van der Waals surface area contributed by atoms with Crippen LogP contribution in [0, 0.1) is 0 Å². The molecule has 1 N–H and O–H groups in total. The van der Waals surface area contributed by atoms with E-state index in [-0.39, 0.29) is 31.0 Å². The van der Waals surface area contributed by atoms with Crippen LogP contribution in [-0.4, -0.2) is 56.8 Å². The lowest BCUT2D eigenvalue weighted by Gasteiger charge is -2.32. The molecule has 4 rings (SSSR count). The summed E-state index contributed by atoms with van der Waals surface area (Å²) < 4.78 is 37.2. The summed E-state index contributed by atoms with van der Waals surface area (Å²) in [6.45, 7) is 1.02. The second-order valence-corrected chi connectivity index (χ2v) is 11.9.